The van der Waals surface area contributed by atoms with Crippen molar-refractivity contribution in [2.75, 3.05) is 27.4 Å². The molecule has 2 aromatic rings. The summed E-state index contributed by atoms with van der Waals surface area (Å²) in [6.45, 7) is 0.949. The first-order chi connectivity index (χ1) is 11.6. The lowest BCUT2D eigenvalue weighted by Gasteiger charge is -2.05. The Balaban J connectivity index is 1.96. The Morgan fingerprint density at radius 2 is 1.79 bits per heavy atom. The quantitative estimate of drug-likeness (QED) is 0.321. The van der Waals surface area contributed by atoms with Gasteiger partial charge in [0.25, 0.3) is 0 Å². The number of ether oxygens (including phenoxy) is 3. The first kappa shape index (κ1) is 17.5. The normalized spacial score (nSPS) is 10.8. The van der Waals surface area contributed by atoms with E-state index < -0.39 is 5.97 Å². The first-order valence-corrected chi connectivity index (χ1v) is 7.26. The number of carbonyl (C=O) groups excluding carboxylic acids is 2. The summed E-state index contributed by atoms with van der Waals surface area (Å²) in [5.74, 6) is 0.395. The van der Waals surface area contributed by atoms with Crippen molar-refractivity contribution in [2.45, 2.75) is 0 Å². The van der Waals surface area contributed by atoms with Gasteiger partial charge in [-0.2, -0.15) is 0 Å². The number of allylic oxidation sites excluding steroid dienone is 1. The summed E-state index contributed by atoms with van der Waals surface area (Å²) in [5, 5.41) is 0. The average Bonchev–Trinajstić information content (AvgIpc) is 3.09. The van der Waals surface area contributed by atoms with Crippen molar-refractivity contribution in [1.82, 2.24) is 0 Å². The van der Waals surface area contributed by atoms with Gasteiger partial charge in [0.1, 0.15) is 18.1 Å². The molecule has 1 aromatic carbocycles. The van der Waals surface area contributed by atoms with Gasteiger partial charge in [-0.15, -0.1) is 0 Å². The van der Waals surface area contributed by atoms with E-state index in [0.29, 0.717) is 30.3 Å². The monoisotopic (exact) mass is 330 g/mol. The van der Waals surface area contributed by atoms with Crippen LogP contribution in [0.5, 0.6) is 5.75 Å². The van der Waals surface area contributed by atoms with Crippen molar-refractivity contribution in [3.63, 3.8) is 0 Å². The van der Waals surface area contributed by atoms with Crippen LogP contribution in [0, 0.1) is 0 Å². The molecule has 0 unspecified atom stereocenters. The smallest absolute Gasteiger partial charge is 0.373 e. The van der Waals surface area contributed by atoms with Crippen molar-refractivity contribution < 1.29 is 28.2 Å². The molecule has 6 nitrogen and oxygen atoms in total. The van der Waals surface area contributed by atoms with Gasteiger partial charge in [0.2, 0.25) is 5.76 Å². The van der Waals surface area contributed by atoms with Crippen LogP contribution in [0.15, 0.2) is 46.9 Å². The summed E-state index contributed by atoms with van der Waals surface area (Å²) in [7, 11) is 2.87. The van der Waals surface area contributed by atoms with E-state index in [1.165, 1.54) is 25.3 Å². The molecule has 24 heavy (non-hydrogen) atoms. The van der Waals surface area contributed by atoms with Gasteiger partial charge in [-0.05, 0) is 48.6 Å². The molecule has 0 bridgehead atoms. The van der Waals surface area contributed by atoms with Crippen molar-refractivity contribution in [2.24, 2.45) is 0 Å². The SMILES string of the molecule is COCCOc1ccc(C(=O)/C=C/c2ccc(C(=O)OC)o2)cc1. The Hall–Kier alpha value is -2.86. The first-order valence-electron chi connectivity index (χ1n) is 7.26. The zero-order chi connectivity index (χ0) is 17.4. The van der Waals surface area contributed by atoms with Gasteiger partial charge in [0.05, 0.1) is 13.7 Å². The summed E-state index contributed by atoms with van der Waals surface area (Å²) in [4.78, 5) is 23.4. The lowest BCUT2D eigenvalue weighted by molar-refractivity contribution is 0.0564. The Morgan fingerprint density at radius 3 is 2.46 bits per heavy atom. The minimum atomic E-state index is -0.565. The largest absolute Gasteiger partial charge is 0.491 e. The number of hydrogen-bond acceptors (Lipinski definition) is 6. The second-order valence-electron chi connectivity index (χ2n) is 4.76. The molecular formula is C18H18O6. The lowest BCUT2D eigenvalue weighted by atomic mass is 10.1. The second kappa shape index (κ2) is 8.69. The maximum absolute atomic E-state index is 12.1. The molecule has 0 fully saturated rings. The fourth-order valence-corrected chi connectivity index (χ4v) is 1.87. The highest BCUT2D eigenvalue weighted by Crippen LogP contribution is 2.14. The van der Waals surface area contributed by atoms with E-state index in [-0.39, 0.29) is 11.5 Å². The molecule has 6 heteroatoms. The molecule has 0 saturated carbocycles. The summed E-state index contributed by atoms with van der Waals surface area (Å²) in [6, 6.07) is 9.87. The van der Waals surface area contributed by atoms with Crippen LogP contribution in [0.3, 0.4) is 0 Å². The third-order valence-electron chi connectivity index (χ3n) is 3.11. The predicted octanol–water partition coefficient (Wildman–Crippen LogP) is 2.99. The number of ketones is 1. The molecule has 0 aliphatic heterocycles. The standard InChI is InChI=1S/C18H18O6/c1-21-11-12-23-14-5-3-13(4-6-14)16(19)9-7-15-8-10-17(24-15)18(20)22-2/h3-10H,11-12H2,1-2H3/b9-7+. The van der Waals surface area contributed by atoms with Crippen molar-refractivity contribution in [3.8, 4) is 5.75 Å². The van der Waals surface area contributed by atoms with Gasteiger partial charge in [-0.3, -0.25) is 4.79 Å². The molecule has 0 spiro atoms. The van der Waals surface area contributed by atoms with Crippen LogP contribution in [-0.4, -0.2) is 39.2 Å². The maximum Gasteiger partial charge on any atom is 0.373 e. The van der Waals surface area contributed by atoms with E-state index in [1.807, 2.05) is 0 Å². The van der Waals surface area contributed by atoms with Crippen molar-refractivity contribution in [1.29, 1.82) is 0 Å². The predicted molar refractivity (Wildman–Crippen MR) is 87.2 cm³/mol. The van der Waals surface area contributed by atoms with Gasteiger partial charge < -0.3 is 18.6 Å². The summed E-state index contributed by atoms with van der Waals surface area (Å²) in [6.07, 6.45) is 2.87. The molecule has 0 aliphatic carbocycles. The molecule has 0 saturated heterocycles. The van der Waals surface area contributed by atoms with Crippen LogP contribution in [-0.2, 0) is 9.47 Å². The fourth-order valence-electron chi connectivity index (χ4n) is 1.87. The van der Waals surface area contributed by atoms with E-state index >= 15 is 0 Å². The molecule has 2 rings (SSSR count). The Labute approximate surface area is 139 Å². The van der Waals surface area contributed by atoms with Crippen LogP contribution < -0.4 is 4.74 Å². The molecule has 0 N–H and O–H groups in total. The Morgan fingerprint density at radius 1 is 1.04 bits per heavy atom. The van der Waals surface area contributed by atoms with Gasteiger partial charge >= 0.3 is 5.97 Å². The highest BCUT2D eigenvalue weighted by Gasteiger charge is 2.10. The van der Waals surface area contributed by atoms with E-state index in [2.05, 4.69) is 4.74 Å². The zero-order valence-electron chi connectivity index (χ0n) is 13.5. The minimum absolute atomic E-state index is 0.0853. The molecule has 1 heterocycles. The van der Waals surface area contributed by atoms with E-state index in [9.17, 15) is 9.59 Å². The molecule has 126 valence electrons. The summed E-state index contributed by atoms with van der Waals surface area (Å²) >= 11 is 0. The summed E-state index contributed by atoms with van der Waals surface area (Å²) in [5.41, 5.74) is 0.519. The third-order valence-corrected chi connectivity index (χ3v) is 3.11. The number of rotatable bonds is 8. The molecule has 0 aliphatic rings. The number of benzene rings is 1. The Bertz CT molecular complexity index is 711. The summed E-state index contributed by atoms with van der Waals surface area (Å²) < 4.78 is 20.1. The van der Waals surface area contributed by atoms with E-state index in [4.69, 9.17) is 13.9 Å². The van der Waals surface area contributed by atoms with Gasteiger partial charge in [0, 0.05) is 12.7 Å². The van der Waals surface area contributed by atoms with Gasteiger partial charge in [0.15, 0.2) is 5.78 Å². The van der Waals surface area contributed by atoms with Crippen LogP contribution in [0.25, 0.3) is 6.08 Å². The van der Waals surface area contributed by atoms with Crippen molar-refractivity contribution in [3.05, 3.63) is 59.6 Å². The number of furan rings is 1. The second-order valence-corrected chi connectivity index (χ2v) is 4.76. The van der Waals surface area contributed by atoms with Crippen LogP contribution >= 0.6 is 0 Å². The molecular weight excluding hydrogens is 312 g/mol. The van der Waals surface area contributed by atoms with Crippen molar-refractivity contribution >= 4 is 17.8 Å². The van der Waals surface area contributed by atoms with E-state index in [1.54, 1.807) is 37.4 Å². The highest BCUT2D eigenvalue weighted by molar-refractivity contribution is 6.06. The topological polar surface area (TPSA) is 75.0 Å². The average molecular weight is 330 g/mol. The van der Waals surface area contributed by atoms with E-state index in [0.717, 1.165) is 0 Å². The third kappa shape index (κ3) is 4.82. The molecule has 0 atom stereocenters. The molecule has 1 aromatic heterocycles. The van der Waals surface area contributed by atoms with Crippen LogP contribution in [0.4, 0.5) is 0 Å². The van der Waals surface area contributed by atoms with Crippen LogP contribution in [0.2, 0.25) is 0 Å². The number of hydrogen-bond donors (Lipinski definition) is 0. The molecule has 0 amide bonds. The van der Waals surface area contributed by atoms with Crippen LogP contribution in [0.1, 0.15) is 26.7 Å². The number of carbonyl (C=O) groups is 2. The van der Waals surface area contributed by atoms with Gasteiger partial charge in [-0.25, -0.2) is 4.79 Å². The molecule has 0 radical (unpaired) electrons. The number of esters is 1. The number of methoxy groups -OCH3 is 2. The lowest BCUT2D eigenvalue weighted by Crippen LogP contribution is -2.04. The maximum atomic E-state index is 12.1. The fraction of sp³-hybridized carbons (Fsp3) is 0.222. The minimum Gasteiger partial charge on any atom is -0.491 e. The highest BCUT2D eigenvalue weighted by atomic mass is 16.5. The Kier molecular flexibility index (Phi) is 6.33. The zero-order valence-corrected chi connectivity index (χ0v) is 13.5. The van der Waals surface area contributed by atoms with Gasteiger partial charge in [-0.1, -0.05) is 0 Å².